The van der Waals surface area contributed by atoms with Crippen LogP contribution in [0.3, 0.4) is 0 Å². The first-order valence-corrected chi connectivity index (χ1v) is 9.99. The summed E-state index contributed by atoms with van der Waals surface area (Å²) in [6.45, 7) is 0.992. The van der Waals surface area contributed by atoms with Crippen molar-refractivity contribution in [3.05, 3.63) is 11.3 Å². The van der Waals surface area contributed by atoms with Crippen molar-refractivity contribution in [2.24, 2.45) is 5.73 Å². The summed E-state index contributed by atoms with van der Waals surface area (Å²) in [4.78, 5) is 58.8. The zero-order valence-electron chi connectivity index (χ0n) is 15.8. The van der Waals surface area contributed by atoms with Crippen LogP contribution in [0.4, 0.5) is 0 Å². The number of carbonyl (C=O) groups is 5. The molecule has 3 atom stereocenters. The van der Waals surface area contributed by atoms with Gasteiger partial charge >= 0.3 is 17.9 Å². The summed E-state index contributed by atoms with van der Waals surface area (Å²) >= 11 is 1.28. The molecule has 0 aliphatic carbocycles. The first-order chi connectivity index (χ1) is 13.6. The molecule has 12 heteroatoms. The van der Waals surface area contributed by atoms with Crippen molar-refractivity contribution in [3.8, 4) is 0 Å². The molecule has 2 aliphatic heterocycles. The standard InChI is InChI=1S/C17H23N3O8S/c1-8(21)28-6-9-7-29-15-12(14(23)20(15)13(9)17(26)27)19-11(22)5-3-2-4-10(18)16(24)25/h10,12,15H,2-7,18H2,1H3,(H,19,22)(H,24,25)(H,26,27)/t10?,12-,15-/m1/s1. The van der Waals surface area contributed by atoms with E-state index in [1.165, 1.54) is 18.7 Å². The fourth-order valence-electron chi connectivity index (χ4n) is 3.00. The minimum Gasteiger partial charge on any atom is -0.480 e. The van der Waals surface area contributed by atoms with Crippen LogP contribution < -0.4 is 11.1 Å². The lowest BCUT2D eigenvalue weighted by molar-refractivity contribution is -0.151. The summed E-state index contributed by atoms with van der Waals surface area (Å²) < 4.78 is 4.86. The van der Waals surface area contributed by atoms with Gasteiger partial charge < -0.3 is 26.0 Å². The summed E-state index contributed by atoms with van der Waals surface area (Å²) in [7, 11) is 0. The molecule has 0 saturated carbocycles. The van der Waals surface area contributed by atoms with Crippen LogP contribution in [0.25, 0.3) is 0 Å². The first kappa shape index (κ1) is 22.7. The van der Waals surface area contributed by atoms with Crippen LogP contribution in [-0.2, 0) is 28.7 Å². The largest absolute Gasteiger partial charge is 0.480 e. The van der Waals surface area contributed by atoms with Gasteiger partial charge in [0.1, 0.15) is 29.8 Å². The molecule has 0 spiro atoms. The number of β-lactam (4-membered cyclic amide) rings is 1. The number of amides is 2. The third-order valence-corrected chi connectivity index (χ3v) is 5.84. The molecule has 2 rings (SSSR count). The van der Waals surface area contributed by atoms with E-state index in [0.29, 0.717) is 18.4 Å². The highest BCUT2D eigenvalue weighted by atomic mass is 32.2. The van der Waals surface area contributed by atoms with Gasteiger partial charge in [-0.3, -0.25) is 24.1 Å². The molecule has 5 N–H and O–H groups in total. The number of hydrogen-bond acceptors (Lipinski definition) is 8. The molecule has 0 aromatic rings. The average molecular weight is 429 g/mol. The predicted molar refractivity (Wildman–Crippen MR) is 100 cm³/mol. The third-order valence-electron chi connectivity index (χ3n) is 4.50. The van der Waals surface area contributed by atoms with E-state index in [9.17, 15) is 29.1 Å². The van der Waals surface area contributed by atoms with Crippen molar-refractivity contribution in [1.82, 2.24) is 10.2 Å². The Labute approximate surface area is 170 Å². The number of thioether (sulfide) groups is 1. The van der Waals surface area contributed by atoms with E-state index in [4.69, 9.17) is 15.6 Å². The molecule has 0 radical (unpaired) electrons. The number of nitrogens with zero attached hydrogens (tertiary/aromatic N) is 1. The molecule has 160 valence electrons. The molecule has 2 heterocycles. The lowest BCUT2D eigenvalue weighted by atomic mass is 10.0. The predicted octanol–water partition coefficient (Wildman–Crippen LogP) is -0.740. The van der Waals surface area contributed by atoms with E-state index in [1.807, 2.05) is 0 Å². The van der Waals surface area contributed by atoms with E-state index >= 15 is 0 Å². The molecule has 2 amide bonds. The first-order valence-electron chi connectivity index (χ1n) is 8.94. The summed E-state index contributed by atoms with van der Waals surface area (Å²) in [6.07, 6.45) is 1.22. The zero-order chi connectivity index (χ0) is 21.7. The van der Waals surface area contributed by atoms with E-state index in [-0.39, 0.29) is 36.8 Å². The molecule has 0 bridgehead atoms. The van der Waals surface area contributed by atoms with Crippen LogP contribution >= 0.6 is 11.8 Å². The van der Waals surface area contributed by atoms with Crippen molar-refractivity contribution in [2.75, 3.05) is 12.4 Å². The summed E-state index contributed by atoms with van der Waals surface area (Å²) in [5.41, 5.74) is 5.50. The maximum Gasteiger partial charge on any atom is 0.352 e. The van der Waals surface area contributed by atoms with Gasteiger partial charge in [-0.05, 0) is 12.8 Å². The number of esters is 1. The van der Waals surface area contributed by atoms with Crippen LogP contribution in [0.1, 0.15) is 32.6 Å². The molecule has 1 saturated heterocycles. The fraction of sp³-hybridized carbons (Fsp3) is 0.588. The third kappa shape index (κ3) is 5.48. The molecule has 0 aromatic heterocycles. The number of aliphatic carboxylic acids is 2. The Hall–Kier alpha value is -2.60. The summed E-state index contributed by atoms with van der Waals surface area (Å²) in [5, 5.41) is 20.2. The highest BCUT2D eigenvalue weighted by Gasteiger charge is 2.54. The van der Waals surface area contributed by atoms with Gasteiger partial charge in [0.2, 0.25) is 5.91 Å². The van der Waals surface area contributed by atoms with E-state index in [0.717, 1.165) is 4.90 Å². The number of unbranched alkanes of at least 4 members (excludes halogenated alkanes) is 1. The second-order valence-corrected chi connectivity index (χ2v) is 7.79. The Morgan fingerprint density at radius 2 is 2.00 bits per heavy atom. The molecular weight excluding hydrogens is 406 g/mol. The molecule has 29 heavy (non-hydrogen) atoms. The van der Waals surface area contributed by atoms with Crippen molar-refractivity contribution in [1.29, 1.82) is 0 Å². The molecular formula is C17H23N3O8S. The van der Waals surface area contributed by atoms with Crippen molar-refractivity contribution >= 4 is 41.5 Å². The molecule has 2 aliphatic rings. The van der Waals surface area contributed by atoms with Gasteiger partial charge in [-0.1, -0.05) is 6.42 Å². The number of carboxylic acids is 2. The van der Waals surface area contributed by atoms with Crippen molar-refractivity contribution in [2.45, 2.75) is 50.1 Å². The number of nitrogens with one attached hydrogen (secondary N) is 1. The maximum atomic E-state index is 12.4. The van der Waals surface area contributed by atoms with Crippen molar-refractivity contribution in [3.63, 3.8) is 0 Å². The second-order valence-electron chi connectivity index (χ2n) is 6.68. The van der Waals surface area contributed by atoms with Gasteiger partial charge in [-0.15, -0.1) is 11.8 Å². The molecule has 11 nitrogen and oxygen atoms in total. The Kier molecular flexibility index (Phi) is 7.62. The number of rotatable bonds is 10. The van der Waals surface area contributed by atoms with Gasteiger partial charge in [0.05, 0.1) is 0 Å². The molecule has 1 fully saturated rings. The summed E-state index contributed by atoms with van der Waals surface area (Å²) in [6, 6.07) is -1.81. The van der Waals surface area contributed by atoms with Gasteiger partial charge in [-0.25, -0.2) is 4.79 Å². The van der Waals surface area contributed by atoms with Gasteiger partial charge in [0.25, 0.3) is 5.91 Å². The smallest absolute Gasteiger partial charge is 0.352 e. The van der Waals surface area contributed by atoms with E-state index in [1.54, 1.807) is 0 Å². The van der Waals surface area contributed by atoms with Crippen LogP contribution in [0.15, 0.2) is 11.3 Å². The lowest BCUT2D eigenvalue weighted by Gasteiger charge is -2.49. The maximum absolute atomic E-state index is 12.4. The van der Waals surface area contributed by atoms with E-state index in [2.05, 4.69) is 5.32 Å². The number of nitrogens with two attached hydrogens (primary N) is 1. The number of carboxylic acid groups (broad SMARTS) is 2. The Morgan fingerprint density at radius 1 is 1.31 bits per heavy atom. The molecule has 1 unspecified atom stereocenters. The topological polar surface area (TPSA) is 176 Å². The normalized spacial score (nSPS) is 21.7. The Balaban J connectivity index is 1.90. The average Bonchev–Trinajstić information content (AvgIpc) is 2.66. The van der Waals surface area contributed by atoms with Crippen LogP contribution in [0.2, 0.25) is 0 Å². The zero-order valence-corrected chi connectivity index (χ0v) is 16.6. The van der Waals surface area contributed by atoms with Gasteiger partial charge in [0.15, 0.2) is 0 Å². The number of carbonyl (C=O) groups excluding carboxylic acids is 3. The van der Waals surface area contributed by atoms with Crippen LogP contribution in [0, 0.1) is 0 Å². The minimum atomic E-state index is -1.30. The lowest BCUT2D eigenvalue weighted by Crippen LogP contribution is -2.70. The van der Waals surface area contributed by atoms with Crippen LogP contribution in [-0.4, -0.2) is 74.7 Å². The highest BCUT2D eigenvalue weighted by molar-refractivity contribution is 8.00. The SMILES string of the molecule is CC(=O)OCC1=C(C(=O)O)N2C(=O)[C@@H](NC(=O)CCCCC(N)C(=O)O)[C@H]2SC1. The summed E-state index contributed by atoms with van der Waals surface area (Å²) in [5.74, 6) is -3.62. The highest BCUT2D eigenvalue weighted by Crippen LogP contribution is 2.40. The second kappa shape index (κ2) is 9.74. The van der Waals surface area contributed by atoms with Gasteiger partial charge in [0, 0.05) is 24.7 Å². The minimum absolute atomic E-state index is 0.104. The fourth-order valence-corrected chi connectivity index (χ4v) is 4.33. The van der Waals surface area contributed by atoms with Gasteiger partial charge in [-0.2, -0.15) is 0 Å². The number of ether oxygens (including phenoxy) is 1. The Morgan fingerprint density at radius 3 is 2.59 bits per heavy atom. The monoisotopic (exact) mass is 429 g/mol. The quantitative estimate of drug-likeness (QED) is 0.196. The number of hydrogen-bond donors (Lipinski definition) is 4. The van der Waals surface area contributed by atoms with Crippen LogP contribution in [0.5, 0.6) is 0 Å². The molecule has 0 aromatic carbocycles. The number of fused-ring (bicyclic) bond motifs is 1. The Bertz CT molecular complexity index is 753. The van der Waals surface area contributed by atoms with Crippen molar-refractivity contribution < 1.29 is 38.9 Å². The van der Waals surface area contributed by atoms with E-state index < -0.39 is 41.3 Å².